The second-order valence-corrected chi connectivity index (χ2v) is 8.41. The van der Waals surface area contributed by atoms with Gasteiger partial charge in [0, 0.05) is 19.6 Å². The summed E-state index contributed by atoms with van der Waals surface area (Å²) in [5.74, 6) is 0.211. The Labute approximate surface area is 177 Å². The van der Waals surface area contributed by atoms with E-state index >= 15 is 0 Å². The highest BCUT2D eigenvalue weighted by atomic mass is 16.2. The fourth-order valence-electron chi connectivity index (χ4n) is 3.60. The number of ketones is 1. The average molecular weight is 415 g/mol. The topological polar surface area (TPSA) is 99.1 Å². The molecule has 0 aliphatic rings. The van der Waals surface area contributed by atoms with Crippen LogP contribution in [-0.2, 0) is 13.6 Å². The predicted molar refractivity (Wildman–Crippen MR) is 121 cm³/mol. The monoisotopic (exact) mass is 414 g/mol. The fraction of sp³-hybridized carbons (Fsp3) is 0.522. The molecule has 0 saturated heterocycles. The maximum absolute atomic E-state index is 12.9. The molecule has 0 aliphatic carbocycles. The number of carbonyl (C=O) groups is 1. The Morgan fingerprint density at radius 1 is 1.07 bits per heavy atom. The van der Waals surface area contributed by atoms with Gasteiger partial charge in [-0.2, -0.15) is 0 Å². The van der Waals surface area contributed by atoms with E-state index in [0.29, 0.717) is 18.9 Å². The van der Waals surface area contributed by atoms with Crippen molar-refractivity contribution < 1.29 is 4.79 Å². The summed E-state index contributed by atoms with van der Waals surface area (Å²) in [5.41, 5.74) is 7.11. The summed E-state index contributed by atoms with van der Waals surface area (Å²) in [7, 11) is 1.37. The quantitative estimate of drug-likeness (QED) is 0.615. The molecule has 2 aromatic rings. The van der Waals surface area contributed by atoms with Gasteiger partial charge in [0.2, 0.25) is 0 Å². The van der Waals surface area contributed by atoms with Gasteiger partial charge in [0.05, 0.1) is 6.54 Å². The number of hydrogen-bond acceptors (Lipinski definition) is 5. The van der Waals surface area contributed by atoms with Crippen molar-refractivity contribution in [2.24, 2.45) is 13.0 Å². The van der Waals surface area contributed by atoms with E-state index in [9.17, 15) is 14.4 Å². The summed E-state index contributed by atoms with van der Waals surface area (Å²) in [6, 6.07) is 8.31. The average Bonchev–Trinajstić information content (AvgIpc) is 2.70. The molecule has 0 bridgehead atoms. The van der Waals surface area contributed by atoms with Gasteiger partial charge in [-0.1, -0.05) is 58.9 Å². The number of nitrogen functional groups attached to an aromatic ring is 1. The first-order chi connectivity index (χ1) is 14.1. The van der Waals surface area contributed by atoms with Crippen LogP contribution in [0.5, 0.6) is 0 Å². The lowest BCUT2D eigenvalue weighted by molar-refractivity contribution is 0.0982. The van der Waals surface area contributed by atoms with Crippen molar-refractivity contribution in [2.75, 3.05) is 12.3 Å². The van der Waals surface area contributed by atoms with Crippen LogP contribution in [0.3, 0.4) is 0 Å². The smallest absolute Gasteiger partial charge is 0.332 e. The van der Waals surface area contributed by atoms with E-state index in [2.05, 4.69) is 57.3 Å². The van der Waals surface area contributed by atoms with Crippen molar-refractivity contribution in [1.82, 2.24) is 14.5 Å². The number of benzene rings is 1. The van der Waals surface area contributed by atoms with Crippen molar-refractivity contribution >= 4 is 11.6 Å². The molecule has 0 radical (unpaired) electrons. The molecule has 1 aromatic heterocycles. The summed E-state index contributed by atoms with van der Waals surface area (Å²) in [4.78, 5) is 37.8. The van der Waals surface area contributed by atoms with Crippen LogP contribution in [0.25, 0.3) is 0 Å². The van der Waals surface area contributed by atoms with Gasteiger partial charge >= 0.3 is 5.69 Å². The van der Waals surface area contributed by atoms with Gasteiger partial charge in [-0.25, -0.2) is 4.79 Å². The van der Waals surface area contributed by atoms with Crippen molar-refractivity contribution in [3.05, 3.63) is 61.8 Å². The number of nitrogens with two attached hydrogens (primary N) is 1. The first kappa shape index (κ1) is 23.6. The molecule has 0 amide bonds. The zero-order valence-electron chi connectivity index (χ0n) is 18.9. The van der Waals surface area contributed by atoms with Crippen molar-refractivity contribution in [2.45, 2.75) is 59.5 Å². The summed E-state index contributed by atoms with van der Waals surface area (Å²) in [5, 5.41) is 3.28. The maximum atomic E-state index is 12.9. The van der Waals surface area contributed by atoms with Gasteiger partial charge in [-0.3, -0.25) is 18.7 Å². The number of Topliss-reactive ketones (excluding diaryl/α,β-unsaturated/α-hetero) is 1. The molecule has 3 N–H and O–H groups in total. The van der Waals surface area contributed by atoms with Gasteiger partial charge < -0.3 is 11.1 Å². The molecule has 7 heteroatoms. The molecule has 0 unspecified atom stereocenters. The number of aromatic nitrogens is 2. The summed E-state index contributed by atoms with van der Waals surface area (Å²) >= 11 is 0. The Morgan fingerprint density at radius 3 is 2.13 bits per heavy atom. The molecular weight excluding hydrogens is 380 g/mol. The van der Waals surface area contributed by atoms with Crippen LogP contribution in [0.1, 0.15) is 74.5 Å². The molecule has 164 valence electrons. The Bertz CT molecular complexity index is 1000. The van der Waals surface area contributed by atoms with E-state index in [1.807, 2.05) is 6.92 Å². The third-order valence-corrected chi connectivity index (χ3v) is 5.42. The number of nitrogens with zero attached hydrogens (tertiary/aromatic N) is 2. The second kappa shape index (κ2) is 9.89. The summed E-state index contributed by atoms with van der Waals surface area (Å²) in [6.45, 7) is 10.7. The van der Waals surface area contributed by atoms with Gasteiger partial charge in [-0.15, -0.1) is 0 Å². The Kier molecular flexibility index (Phi) is 7.78. The van der Waals surface area contributed by atoms with Crippen molar-refractivity contribution in [3.63, 3.8) is 0 Å². The standard InChI is InChI=1S/C23H34N4O3/c1-7-12-27-21(24)19(22(29)26(6)23(27)30)18(28)13-25-20(15(4)5)17-10-8-16(9-11-17)14(2)3/h8-11,14-15,20,25H,7,12-13,24H2,1-6H3/t20-/m1/s1. The highest BCUT2D eigenvalue weighted by Gasteiger charge is 2.23. The van der Waals surface area contributed by atoms with E-state index in [1.54, 1.807) is 0 Å². The molecule has 2 rings (SSSR count). The molecule has 0 spiro atoms. The van der Waals surface area contributed by atoms with Crippen LogP contribution in [0.15, 0.2) is 33.9 Å². The van der Waals surface area contributed by atoms with E-state index < -0.39 is 17.0 Å². The van der Waals surface area contributed by atoms with Gasteiger partial charge in [0.15, 0.2) is 5.78 Å². The van der Waals surface area contributed by atoms with Gasteiger partial charge in [0.25, 0.3) is 5.56 Å². The largest absolute Gasteiger partial charge is 0.384 e. The lowest BCUT2D eigenvalue weighted by atomic mass is 9.93. The minimum absolute atomic E-state index is 0.0431. The van der Waals surface area contributed by atoms with E-state index in [4.69, 9.17) is 5.73 Å². The zero-order chi connectivity index (χ0) is 22.6. The first-order valence-electron chi connectivity index (χ1n) is 10.6. The van der Waals surface area contributed by atoms with Crippen molar-refractivity contribution in [1.29, 1.82) is 0 Å². The Hall–Kier alpha value is -2.67. The van der Waals surface area contributed by atoms with Crippen LogP contribution in [-0.4, -0.2) is 21.5 Å². The fourth-order valence-corrected chi connectivity index (χ4v) is 3.60. The number of carbonyl (C=O) groups excluding carboxylic acids is 1. The third kappa shape index (κ3) is 4.90. The Morgan fingerprint density at radius 2 is 1.63 bits per heavy atom. The van der Waals surface area contributed by atoms with Crippen LogP contribution >= 0.6 is 0 Å². The lowest BCUT2D eigenvalue weighted by Crippen LogP contribution is -2.44. The Balaban J connectivity index is 2.30. The molecule has 1 aromatic carbocycles. The van der Waals surface area contributed by atoms with E-state index in [-0.39, 0.29) is 29.9 Å². The SMILES string of the molecule is CCCn1c(N)c(C(=O)CN[C@@H](c2ccc(C(C)C)cc2)C(C)C)c(=O)n(C)c1=O. The predicted octanol–water partition coefficient (Wildman–Crippen LogP) is 2.83. The summed E-state index contributed by atoms with van der Waals surface area (Å²) in [6.07, 6.45) is 0.663. The van der Waals surface area contributed by atoms with Crippen LogP contribution < -0.4 is 22.3 Å². The molecule has 0 aliphatic heterocycles. The number of rotatable bonds is 9. The van der Waals surface area contributed by atoms with Gasteiger partial charge in [-0.05, 0) is 29.4 Å². The molecule has 0 fully saturated rings. The van der Waals surface area contributed by atoms with E-state index in [1.165, 1.54) is 17.2 Å². The molecule has 0 saturated carbocycles. The summed E-state index contributed by atoms with van der Waals surface area (Å²) < 4.78 is 2.24. The minimum Gasteiger partial charge on any atom is -0.384 e. The molecule has 7 nitrogen and oxygen atoms in total. The zero-order valence-corrected chi connectivity index (χ0v) is 18.9. The van der Waals surface area contributed by atoms with E-state index in [0.717, 1.165) is 10.1 Å². The number of hydrogen-bond donors (Lipinski definition) is 2. The van der Waals surface area contributed by atoms with Crippen LogP contribution in [0, 0.1) is 5.92 Å². The normalized spacial score (nSPS) is 12.5. The number of anilines is 1. The van der Waals surface area contributed by atoms with Crippen LogP contribution in [0.4, 0.5) is 5.82 Å². The molecular formula is C23H34N4O3. The first-order valence-corrected chi connectivity index (χ1v) is 10.6. The van der Waals surface area contributed by atoms with Gasteiger partial charge in [0.1, 0.15) is 11.4 Å². The maximum Gasteiger partial charge on any atom is 0.332 e. The van der Waals surface area contributed by atoms with Crippen LogP contribution in [0.2, 0.25) is 0 Å². The highest BCUT2D eigenvalue weighted by Crippen LogP contribution is 2.24. The minimum atomic E-state index is -0.654. The van der Waals surface area contributed by atoms with Crippen molar-refractivity contribution in [3.8, 4) is 0 Å². The second-order valence-electron chi connectivity index (χ2n) is 8.41. The molecule has 1 heterocycles. The molecule has 1 atom stereocenters. The highest BCUT2D eigenvalue weighted by molar-refractivity contribution is 6.01. The molecule has 30 heavy (non-hydrogen) atoms. The lowest BCUT2D eigenvalue weighted by Gasteiger charge is -2.23. The number of nitrogens with one attached hydrogen (secondary N) is 1. The third-order valence-electron chi connectivity index (χ3n) is 5.42.